The van der Waals surface area contributed by atoms with E-state index in [1.165, 1.54) is 0 Å². The van der Waals surface area contributed by atoms with Crippen molar-refractivity contribution in [1.82, 2.24) is 9.88 Å². The summed E-state index contributed by atoms with van der Waals surface area (Å²) in [6, 6.07) is 3.48. The SMILES string of the molecule is CC(C)C1(O)CN(C(=O)c2cccnc2)C1. The Labute approximate surface area is 94.9 Å². The van der Waals surface area contributed by atoms with Gasteiger partial charge in [-0.2, -0.15) is 0 Å². The second-order valence-corrected chi connectivity index (χ2v) is 4.66. The van der Waals surface area contributed by atoms with Crippen LogP contribution in [0.15, 0.2) is 24.5 Å². The first-order chi connectivity index (χ1) is 7.53. The molecule has 2 heterocycles. The minimum atomic E-state index is -0.710. The molecular weight excluding hydrogens is 204 g/mol. The van der Waals surface area contributed by atoms with Crippen LogP contribution in [0.3, 0.4) is 0 Å². The van der Waals surface area contributed by atoms with Crippen molar-refractivity contribution in [1.29, 1.82) is 0 Å². The van der Waals surface area contributed by atoms with Gasteiger partial charge in [0.15, 0.2) is 0 Å². The normalized spacial score (nSPS) is 18.4. The van der Waals surface area contributed by atoms with E-state index in [1.807, 2.05) is 13.8 Å². The van der Waals surface area contributed by atoms with Gasteiger partial charge in [0, 0.05) is 12.4 Å². The lowest BCUT2D eigenvalue weighted by atomic mass is 9.83. The highest BCUT2D eigenvalue weighted by Crippen LogP contribution is 2.29. The van der Waals surface area contributed by atoms with Crippen LogP contribution in [0.5, 0.6) is 0 Å². The molecule has 1 aromatic rings. The summed E-state index contributed by atoms with van der Waals surface area (Å²) < 4.78 is 0. The van der Waals surface area contributed by atoms with Crippen molar-refractivity contribution in [2.24, 2.45) is 5.92 Å². The number of aromatic nitrogens is 1. The Morgan fingerprint density at radius 3 is 2.75 bits per heavy atom. The Bertz CT molecular complexity index is 383. The van der Waals surface area contributed by atoms with Crippen LogP contribution in [0.4, 0.5) is 0 Å². The number of hydrogen-bond donors (Lipinski definition) is 1. The molecule has 0 aromatic carbocycles. The molecule has 1 fully saturated rings. The molecule has 1 saturated heterocycles. The molecule has 0 saturated carbocycles. The molecule has 0 aliphatic carbocycles. The molecule has 2 rings (SSSR count). The van der Waals surface area contributed by atoms with Crippen LogP contribution in [-0.4, -0.2) is 39.6 Å². The molecule has 4 heteroatoms. The fourth-order valence-electron chi connectivity index (χ4n) is 1.80. The summed E-state index contributed by atoms with van der Waals surface area (Å²) in [6.07, 6.45) is 3.19. The molecule has 1 aromatic heterocycles. The molecule has 0 bridgehead atoms. The number of carbonyl (C=O) groups excluding carboxylic acids is 1. The van der Waals surface area contributed by atoms with Crippen LogP contribution in [0.25, 0.3) is 0 Å². The third-order valence-corrected chi connectivity index (χ3v) is 3.20. The Hall–Kier alpha value is -1.42. The first-order valence-corrected chi connectivity index (χ1v) is 5.44. The van der Waals surface area contributed by atoms with E-state index in [0.717, 1.165) is 0 Å². The molecule has 4 nitrogen and oxygen atoms in total. The van der Waals surface area contributed by atoms with Crippen LogP contribution in [0, 0.1) is 5.92 Å². The van der Waals surface area contributed by atoms with E-state index < -0.39 is 5.60 Å². The predicted octanol–water partition coefficient (Wildman–Crippen LogP) is 0.925. The van der Waals surface area contributed by atoms with E-state index in [9.17, 15) is 9.90 Å². The van der Waals surface area contributed by atoms with Gasteiger partial charge in [0.05, 0.1) is 18.7 Å². The molecule has 0 unspecified atom stereocenters. The number of β-amino-alcohol motifs (C(OH)–C–C–N with tert-alkyl or cyclic N) is 1. The Morgan fingerprint density at radius 2 is 2.25 bits per heavy atom. The highest BCUT2D eigenvalue weighted by atomic mass is 16.3. The number of carbonyl (C=O) groups is 1. The number of rotatable bonds is 2. The van der Waals surface area contributed by atoms with Crippen LogP contribution >= 0.6 is 0 Å². The molecule has 86 valence electrons. The molecule has 1 aliphatic rings. The number of likely N-dealkylation sites (tertiary alicyclic amines) is 1. The lowest BCUT2D eigenvalue weighted by molar-refractivity contribution is -0.110. The minimum absolute atomic E-state index is 0.0570. The monoisotopic (exact) mass is 220 g/mol. The van der Waals surface area contributed by atoms with Gasteiger partial charge in [0.2, 0.25) is 0 Å². The molecule has 0 atom stereocenters. The lowest BCUT2D eigenvalue weighted by Gasteiger charge is -2.49. The average molecular weight is 220 g/mol. The lowest BCUT2D eigenvalue weighted by Crippen LogP contribution is -2.65. The third-order valence-electron chi connectivity index (χ3n) is 3.20. The number of pyridine rings is 1. The van der Waals surface area contributed by atoms with Crippen molar-refractivity contribution >= 4 is 5.91 Å². The fraction of sp³-hybridized carbons (Fsp3) is 0.500. The molecule has 1 aliphatic heterocycles. The van der Waals surface area contributed by atoms with E-state index >= 15 is 0 Å². The van der Waals surface area contributed by atoms with E-state index in [1.54, 1.807) is 29.4 Å². The highest BCUT2D eigenvalue weighted by molar-refractivity contribution is 5.94. The summed E-state index contributed by atoms with van der Waals surface area (Å²) >= 11 is 0. The van der Waals surface area contributed by atoms with E-state index in [-0.39, 0.29) is 11.8 Å². The first kappa shape index (κ1) is 11.1. The molecule has 1 N–H and O–H groups in total. The zero-order valence-corrected chi connectivity index (χ0v) is 9.55. The van der Waals surface area contributed by atoms with Crippen LogP contribution in [0.1, 0.15) is 24.2 Å². The van der Waals surface area contributed by atoms with Gasteiger partial charge in [0.1, 0.15) is 5.60 Å². The second-order valence-electron chi connectivity index (χ2n) is 4.66. The zero-order chi connectivity index (χ0) is 11.8. The Morgan fingerprint density at radius 1 is 1.56 bits per heavy atom. The fourth-order valence-corrected chi connectivity index (χ4v) is 1.80. The molecule has 0 radical (unpaired) electrons. The van der Waals surface area contributed by atoms with Gasteiger partial charge in [0.25, 0.3) is 5.91 Å². The molecule has 1 amide bonds. The maximum absolute atomic E-state index is 11.9. The maximum atomic E-state index is 11.9. The van der Waals surface area contributed by atoms with Crippen LogP contribution in [0.2, 0.25) is 0 Å². The number of amides is 1. The van der Waals surface area contributed by atoms with E-state index in [4.69, 9.17) is 0 Å². The predicted molar refractivity (Wildman–Crippen MR) is 59.9 cm³/mol. The highest BCUT2D eigenvalue weighted by Gasteiger charge is 2.45. The standard InChI is InChI=1S/C12H16N2O2/c1-9(2)12(16)7-14(8-12)11(15)10-4-3-5-13-6-10/h3-6,9,16H,7-8H2,1-2H3. The smallest absolute Gasteiger partial charge is 0.255 e. The van der Waals surface area contributed by atoms with Crippen LogP contribution < -0.4 is 0 Å². The number of hydrogen-bond acceptors (Lipinski definition) is 3. The van der Waals surface area contributed by atoms with Gasteiger partial charge in [-0.25, -0.2) is 0 Å². The second kappa shape index (κ2) is 3.87. The topological polar surface area (TPSA) is 53.4 Å². The third kappa shape index (κ3) is 1.80. The average Bonchev–Trinajstić information content (AvgIpc) is 2.25. The molecule has 0 spiro atoms. The molecule has 16 heavy (non-hydrogen) atoms. The van der Waals surface area contributed by atoms with Gasteiger partial charge < -0.3 is 10.0 Å². The summed E-state index contributed by atoms with van der Waals surface area (Å²) in [7, 11) is 0. The van der Waals surface area contributed by atoms with Crippen molar-refractivity contribution < 1.29 is 9.90 Å². The van der Waals surface area contributed by atoms with Crippen molar-refractivity contribution in [3.63, 3.8) is 0 Å². The van der Waals surface area contributed by atoms with Gasteiger partial charge in [-0.1, -0.05) is 13.8 Å². The summed E-state index contributed by atoms with van der Waals surface area (Å²) in [6.45, 7) is 4.76. The number of nitrogens with zero attached hydrogens (tertiary/aromatic N) is 2. The summed E-state index contributed by atoms with van der Waals surface area (Å²) in [5.74, 6) is 0.115. The van der Waals surface area contributed by atoms with Crippen molar-refractivity contribution in [2.75, 3.05) is 13.1 Å². The van der Waals surface area contributed by atoms with Crippen LogP contribution in [-0.2, 0) is 0 Å². The minimum Gasteiger partial charge on any atom is -0.386 e. The summed E-state index contributed by atoms with van der Waals surface area (Å²) in [4.78, 5) is 17.5. The summed E-state index contributed by atoms with van der Waals surface area (Å²) in [5.41, 5.74) is -0.133. The van der Waals surface area contributed by atoms with E-state index in [2.05, 4.69) is 4.98 Å². The first-order valence-electron chi connectivity index (χ1n) is 5.44. The van der Waals surface area contributed by atoms with Gasteiger partial charge in [-0.05, 0) is 18.1 Å². The summed E-state index contributed by atoms with van der Waals surface area (Å²) in [5, 5.41) is 10.0. The maximum Gasteiger partial charge on any atom is 0.255 e. The van der Waals surface area contributed by atoms with Gasteiger partial charge in [-0.3, -0.25) is 9.78 Å². The largest absolute Gasteiger partial charge is 0.386 e. The van der Waals surface area contributed by atoms with Gasteiger partial charge in [-0.15, -0.1) is 0 Å². The van der Waals surface area contributed by atoms with Crippen molar-refractivity contribution in [3.05, 3.63) is 30.1 Å². The van der Waals surface area contributed by atoms with E-state index in [0.29, 0.717) is 18.7 Å². The van der Waals surface area contributed by atoms with Gasteiger partial charge >= 0.3 is 0 Å². The zero-order valence-electron chi connectivity index (χ0n) is 9.55. The quantitative estimate of drug-likeness (QED) is 0.806. The number of aliphatic hydroxyl groups is 1. The molecular formula is C12H16N2O2. The van der Waals surface area contributed by atoms with Crippen molar-refractivity contribution in [2.45, 2.75) is 19.4 Å². The Kier molecular flexibility index (Phi) is 2.68. The Balaban J connectivity index is 2.01. The van der Waals surface area contributed by atoms with Crippen molar-refractivity contribution in [3.8, 4) is 0 Å².